The van der Waals surface area contributed by atoms with Gasteiger partial charge in [0.05, 0.1) is 6.07 Å². The molecule has 0 bridgehead atoms. The second-order valence-corrected chi connectivity index (χ2v) is 2.81. The van der Waals surface area contributed by atoms with Crippen LogP contribution in [0.5, 0.6) is 0 Å². The minimum Gasteiger partial charge on any atom is -0.465 e. The van der Waals surface area contributed by atoms with Gasteiger partial charge in [-0.05, 0) is 12.3 Å². The van der Waals surface area contributed by atoms with E-state index >= 15 is 0 Å². The number of nitriles is 1. The largest absolute Gasteiger partial charge is 0.465 e. The number of rotatable bonds is 3. The van der Waals surface area contributed by atoms with E-state index in [0.29, 0.717) is 12.3 Å². The highest BCUT2D eigenvalue weighted by Crippen LogP contribution is 2.33. The number of nitrogens with one attached hydrogen (secondary N) is 1. The molecular weight excluding hydrogens is 144 g/mol. The molecular formula is C7H10N2O2. The Hall–Kier alpha value is -1.24. The summed E-state index contributed by atoms with van der Waals surface area (Å²) in [6.45, 7) is 0. The van der Waals surface area contributed by atoms with Crippen LogP contribution in [0.2, 0.25) is 0 Å². The Morgan fingerprint density at radius 2 is 2.45 bits per heavy atom. The number of carboxylic acid groups (broad SMARTS) is 1. The second-order valence-electron chi connectivity index (χ2n) is 2.81. The van der Waals surface area contributed by atoms with Crippen LogP contribution in [0.3, 0.4) is 0 Å². The highest BCUT2D eigenvalue weighted by Gasteiger charge is 2.25. The van der Waals surface area contributed by atoms with Crippen molar-refractivity contribution in [3.8, 4) is 6.07 Å². The van der Waals surface area contributed by atoms with E-state index in [0.717, 1.165) is 12.8 Å². The summed E-state index contributed by atoms with van der Waals surface area (Å²) in [7, 11) is 0. The standard InChI is InChI=1S/C7H10N2O2/c8-4-6(9-7(10)11)3-5-1-2-5/h5-6,9H,1-3H2,(H,10,11). The first-order valence-electron chi connectivity index (χ1n) is 3.61. The van der Waals surface area contributed by atoms with Gasteiger partial charge >= 0.3 is 6.09 Å². The Kier molecular flexibility index (Phi) is 2.32. The van der Waals surface area contributed by atoms with Crippen molar-refractivity contribution in [2.24, 2.45) is 5.92 Å². The van der Waals surface area contributed by atoms with Crippen LogP contribution in [0, 0.1) is 17.2 Å². The monoisotopic (exact) mass is 154 g/mol. The van der Waals surface area contributed by atoms with Gasteiger partial charge in [-0.15, -0.1) is 0 Å². The van der Waals surface area contributed by atoms with Gasteiger partial charge in [-0.25, -0.2) is 4.79 Å². The smallest absolute Gasteiger partial charge is 0.405 e. The SMILES string of the molecule is N#CC(CC1CC1)NC(=O)O. The van der Waals surface area contributed by atoms with Crippen molar-refractivity contribution in [1.29, 1.82) is 5.26 Å². The third-order valence-electron chi connectivity index (χ3n) is 1.72. The van der Waals surface area contributed by atoms with Crippen LogP contribution in [-0.4, -0.2) is 17.2 Å². The molecule has 0 radical (unpaired) electrons. The van der Waals surface area contributed by atoms with Gasteiger partial charge in [-0.1, -0.05) is 12.8 Å². The molecule has 4 nitrogen and oxygen atoms in total. The molecule has 4 heteroatoms. The summed E-state index contributed by atoms with van der Waals surface area (Å²) in [6, 6.07) is 1.40. The first-order chi connectivity index (χ1) is 5.22. The number of amides is 1. The molecule has 0 aromatic carbocycles. The van der Waals surface area contributed by atoms with Crippen LogP contribution in [-0.2, 0) is 0 Å². The molecule has 0 spiro atoms. The summed E-state index contributed by atoms with van der Waals surface area (Å²) in [5, 5.41) is 18.9. The quantitative estimate of drug-likeness (QED) is 0.635. The fourth-order valence-corrected chi connectivity index (χ4v) is 0.980. The third-order valence-corrected chi connectivity index (χ3v) is 1.72. The molecule has 1 amide bonds. The Morgan fingerprint density at radius 1 is 1.82 bits per heavy atom. The third kappa shape index (κ3) is 2.89. The van der Waals surface area contributed by atoms with E-state index < -0.39 is 12.1 Å². The first kappa shape index (κ1) is 7.86. The van der Waals surface area contributed by atoms with E-state index in [9.17, 15) is 4.79 Å². The Morgan fingerprint density at radius 3 is 2.82 bits per heavy atom. The zero-order valence-corrected chi connectivity index (χ0v) is 6.08. The molecule has 1 atom stereocenters. The van der Waals surface area contributed by atoms with Crippen LogP contribution in [0.1, 0.15) is 19.3 Å². The van der Waals surface area contributed by atoms with Crippen molar-refractivity contribution in [1.82, 2.24) is 5.32 Å². The molecule has 1 rings (SSSR count). The maximum Gasteiger partial charge on any atom is 0.405 e. The molecule has 0 aliphatic heterocycles. The lowest BCUT2D eigenvalue weighted by molar-refractivity contribution is 0.191. The molecule has 11 heavy (non-hydrogen) atoms. The zero-order chi connectivity index (χ0) is 8.27. The molecule has 0 saturated heterocycles. The van der Waals surface area contributed by atoms with E-state index in [2.05, 4.69) is 5.32 Å². The minimum absolute atomic E-state index is 0.514. The topological polar surface area (TPSA) is 73.1 Å². The van der Waals surface area contributed by atoms with Gasteiger partial charge in [0.25, 0.3) is 0 Å². The highest BCUT2D eigenvalue weighted by atomic mass is 16.4. The number of carbonyl (C=O) groups is 1. The van der Waals surface area contributed by atoms with Crippen molar-refractivity contribution < 1.29 is 9.90 Å². The molecule has 2 N–H and O–H groups in total. The fraction of sp³-hybridized carbons (Fsp3) is 0.714. The molecule has 1 saturated carbocycles. The van der Waals surface area contributed by atoms with E-state index in [-0.39, 0.29) is 0 Å². The molecule has 1 aliphatic rings. The van der Waals surface area contributed by atoms with Crippen LogP contribution in [0.15, 0.2) is 0 Å². The molecule has 0 heterocycles. The molecule has 0 aromatic heterocycles. The summed E-state index contributed by atoms with van der Waals surface area (Å²) in [4.78, 5) is 10.1. The van der Waals surface area contributed by atoms with Crippen molar-refractivity contribution in [3.05, 3.63) is 0 Å². The van der Waals surface area contributed by atoms with Gasteiger partial charge < -0.3 is 10.4 Å². The fourth-order valence-electron chi connectivity index (χ4n) is 0.980. The van der Waals surface area contributed by atoms with Crippen LogP contribution in [0.4, 0.5) is 4.79 Å². The van der Waals surface area contributed by atoms with E-state index in [1.54, 1.807) is 0 Å². The van der Waals surface area contributed by atoms with Crippen molar-refractivity contribution in [3.63, 3.8) is 0 Å². The van der Waals surface area contributed by atoms with Gasteiger partial charge in [-0.2, -0.15) is 5.26 Å². The van der Waals surface area contributed by atoms with Crippen LogP contribution >= 0.6 is 0 Å². The average Bonchev–Trinajstić information content (AvgIpc) is 2.69. The van der Waals surface area contributed by atoms with Gasteiger partial charge in [0.2, 0.25) is 0 Å². The molecule has 1 aliphatic carbocycles. The summed E-state index contributed by atoms with van der Waals surface area (Å²) in [5.41, 5.74) is 0. The van der Waals surface area contributed by atoms with Gasteiger partial charge in [0.15, 0.2) is 0 Å². The van der Waals surface area contributed by atoms with Crippen LogP contribution in [0.25, 0.3) is 0 Å². The number of hydrogen-bond acceptors (Lipinski definition) is 2. The molecule has 1 unspecified atom stereocenters. The maximum absolute atomic E-state index is 10.1. The van der Waals surface area contributed by atoms with Gasteiger partial charge in [-0.3, -0.25) is 0 Å². The lowest BCUT2D eigenvalue weighted by atomic mass is 10.1. The minimum atomic E-state index is -1.11. The Bertz CT molecular complexity index is 193. The first-order valence-corrected chi connectivity index (χ1v) is 3.61. The lowest BCUT2D eigenvalue weighted by Crippen LogP contribution is -2.32. The summed E-state index contributed by atoms with van der Waals surface area (Å²) in [6.07, 6.45) is 1.83. The summed E-state index contributed by atoms with van der Waals surface area (Å²) < 4.78 is 0. The van der Waals surface area contributed by atoms with E-state index in [4.69, 9.17) is 10.4 Å². The molecule has 0 aromatic rings. The average molecular weight is 154 g/mol. The maximum atomic E-state index is 10.1. The van der Waals surface area contributed by atoms with Crippen LogP contribution < -0.4 is 5.32 Å². The zero-order valence-electron chi connectivity index (χ0n) is 6.08. The predicted molar refractivity (Wildman–Crippen MR) is 37.9 cm³/mol. The Labute approximate surface area is 64.8 Å². The normalized spacial score (nSPS) is 18.5. The highest BCUT2D eigenvalue weighted by molar-refractivity contribution is 5.65. The van der Waals surface area contributed by atoms with Crippen molar-refractivity contribution >= 4 is 6.09 Å². The van der Waals surface area contributed by atoms with Gasteiger partial charge in [0, 0.05) is 0 Å². The van der Waals surface area contributed by atoms with Crippen molar-refractivity contribution in [2.45, 2.75) is 25.3 Å². The second kappa shape index (κ2) is 3.24. The lowest BCUT2D eigenvalue weighted by Gasteiger charge is -2.06. The molecule has 1 fully saturated rings. The summed E-state index contributed by atoms with van der Waals surface area (Å²) >= 11 is 0. The predicted octanol–water partition coefficient (Wildman–Crippen LogP) is 0.946. The Balaban J connectivity index is 2.24. The van der Waals surface area contributed by atoms with E-state index in [1.807, 2.05) is 6.07 Å². The molecule has 60 valence electrons. The summed E-state index contributed by atoms with van der Waals surface area (Å²) in [5.74, 6) is 0.575. The van der Waals surface area contributed by atoms with Gasteiger partial charge in [0.1, 0.15) is 6.04 Å². The van der Waals surface area contributed by atoms with E-state index in [1.165, 1.54) is 0 Å². The van der Waals surface area contributed by atoms with Crippen molar-refractivity contribution in [2.75, 3.05) is 0 Å². The number of nitrogens with zero attached hydrogens (tertiary/aromatic N) is 1. The number of hydrogen-bond donors (Lipinski definition) is 2.